The molecule has 0 spiro atoms. The SMILES string of the molecule is CCNc1nc(N(C)CC(C)C)nc(N2CCOCC2)n1. The molecule has 0 atom stereocenters. The Morgan fingerprint density at radius 1 is 1.24 bits per heavy atom. The number of rotatable bonds is 6. The maximum absolute atomic E-state index is 5.39. The molecule has 1 aliphatic rings. The van der Waals surface area contributed by atoms with Gasteiger partial charge < -0.3 is 19.9 Å². The van der Waals surface area contributed by atoms with Crippen LogP contribution < -0.4 is 15.1 Å². The number of aromatic nitrogens is 3. The summed E-state index contributed by atoms with van der Waals surface area (Å²) in [5.74, 6) is 2.65. The van der Waals surface area contributed by atoms with Crippen LogP contribution in [0.5, 0.6) is 0 Å². The van der Waals surface area contributed by atoms with Crippen molar-refractivity contribution in [2.45, 2.75) is 20.8 Å². The molecule has 0 aromatic carbocycles. The summed E-state index contributed by atoms with van der Waals surface area (Å²) in [7, 11) is 2.02. The van der Waals surface area contributed by atoms with Gasteiger partial charge in [0.15, 0.2) is 0 Å². The maximum atomic E-state index is 5.39. The highest BCUT2D eigenvalue weighted by atomic mass is 16.5. The van der Waals surface area contributed by atoms with E-state index in [-0.39, 0.29) is 0 Å². The molecule has 118 valence electrons. The predicted molar refractivity (Wildman–Crippen MR) is 85.1 cm³/mol. The summed E-state index contributed by atoms with van der Waals surface area (Å²) in [6, 6.07) is 0. The lowest BCUT2D eigenvalue weighted by molar-refractivity contribution is 0.122. The summed E-state index contributed by atoms with van der Waals surface area (Å²) in [4.78, 5) is 17.9. The number of morpholine rings is 1. The van der Waals surface area contributed by atoms with E-state index in [4.69, 9.17) is 4.74 Å². The highest BCUT2D eigenvalue weighted by molar-refractivity contribution is 5.45. The second-order valence-corrected chi connectivity index (χ2v) is 5.66. The van der Waals surface area contributed by atoms with Gasteiger partial charge >= 0.3 is 0 Å². The van der Waals surface area contributed by atoms with Crippen LogP contribution in [0.2, 0.25) is 0 Å². The molecule has 0 radical (unpaired) electrons. The minimum absolute atomic E-state index is 0.557. The Morgan fingerprint density at radius 3 is 2.57 bits per heavy atom. The van der Waals surface area contributed by atoms with E-state index in [0.717, 1.165) is 51.3 Å². The van der Waals surface area contributed by atoms with Gasteiger partial charge in [-0.05, 0) is 12.8 Å². The molecule has 1 aromatic rings. The molecule has 2 rings (SSSR count). The third-order valence-corrected chi connectivity index (χ3v) is 3.22. The fourth-order valence-corrected chi connectivity index (χ4v) is 2.30. The van der Waals surface area contributed by atoms with Gasteiger partial charge in [0.2, 0.25) is 17.8 Å². The third-order valence-electron chi connectivity index (χ3n) is 3.22. The van der Waals surface area contributed by atoms with Crippen molar-refractivity contribution in [1.29, 1.82) is 0 Å². The highest BCUT2D eigenvalue weighted by Gasteiger charge is 2.18. The first-order valence-corrected chi connectivity index (χ1v) is 7.64. The molecule has 0 saturated carbocycles. The molecule has 1 fully saturated rings. The van der Waals surface area contributed by atoms with Gasteiger partial charge in [-0.2, -0.15) is 15.0 Å². The van der Waals surface area contributed by atoms with Crippen LogP contribution in [-0.2, 0) is 4.74 Å². The highest BCUT2D eigenvalue weighted by Crippen LogP contribution is 2.17. The Hall–Kier alpha value is -1.63. The van der Waals surface area contributed by atoms with Crippen molar-refractivity contribution in [2.24, 2.45) is 5.92 Å². The zero-order valence-electron chi connectivity index (χ0n) is 13.5. The summed E-state index contributed by atoms with van der Waals surface area (Å²) >= 11 is 0. The summed E-state index contributed by atoms with van der Waals surface area (Å²) in [6.07, 6.45) is 0. The molecule has 1 N–H and O–H groups in total. The fraction of sp³-hybridized carbons (Fsp3) is 0.786. The maximum Gasteiger partial charge on any atom is 0.232 e. The van der Waals surface area contributed by atoms with Crippen LogP contribution in [0.15, 0.2) is 0 Å². The van der Waals surface area contributed by atoms with Crippen LogP contribution >= 0.6 is 0 Å². The second-order valence-electron chi connectivity index (χ2n) is 5.66. The molecule has 7 heteroatoms. The number of nitrogens with one attached hydrogen (secondary N) is 1. The minimum Gasteiger partial charge on any atom is -0.378 e. The number of anilines is 3. The number of ether oxygens (including phenoxy) is 1. The summed E-state index contributed by atoms with van der Waals surface area (Å²) in [5.41, 5.74) is 0. The van der Waals surface area contributed by atoms with Crippen LogP contribution in [0.3, 0.4) is 0 Å². The van der Waals surface area contributed by atoms with Crippen LogP contribution in [0, 0.1) is 5.92 Å². The van der Waals surface area contributed by atoms with Crippen molar-refractivity contribution in [1.82, 2.24) is 15.0 Å². The first kappa shape index (κ1) is 15.8. The van der Waals surface area contributed by atoms with Crippen molar-refractivity contribution >= 4 is 17.8 Å². The second kappa shape index (κ2) is 7.40. The van der Waals surface area contributed by atoms with Crippen LogP contribution in [0.4, 0.5) is 17.8 Å². The third kappa shape index (κ3) is 4.42. The van der Waals surface area contributed by atoms with Gasteiger partial charge in [-0.3, -0.25) is 0 Å². The molecular formula is C14H26N6O. The summed E-state index contributed by atoms with van der Waals surface area (Å²) < 4.78 is 5.39. The Labute approximate surface area is 126 Å². The first-order valence-electron chi connectivity index (χ1n) is 7.64. The van der Waals surface area contributed by atoms with Gasteiger partial charge in [0.05, 0.1) is 13.2 Å². The van der Waals surface area contributed by atoms with Crippen LogP contribution in [0.25, 0.3) is 0 Å². The average molecular weight is 294 g/mol. The fourth-order valence-electron chi connectivity index (χ4n) is 2.30. The Balaban J connectivity index is 2.24. The van der Waals surface area contributed by atoms with Gasteiger partial charge in [0, 0.05) is 33.2 Å². The van der Waals surface area contributed by atoms with Crippen molar-refractivity contribution in [3.8, 4) is 0 Å². The Morgan fingerprint density at radius 2 is 1.95 bits per heavy atom. The molecule has 0 unspecified atom stereocenters. The smallest absolute Gasteiger partial charge is 0.232 e. The van der Waals surface area contributed by atoms with E-state index in [0.29, 0.717) is 11.9 Å². The van der Waals surface area contributed by atoms with Crippen LogP contribution in [-0.4, -0.2) is 61.4 Å². The van der Waals surface area contributed by atoms with E-state index in [1.165, 1.54) is 0 Å². The van der Waals surface area contributed by atoms with Gasteiger partial charge in [0.25, 0.3) is 0 Å². The Bertz CT molecular complexity index is 447. The zero-order chi connectivity index (χ0) is 15.2. The largest absolute Gasteiger partial charge is 0.378 e. The van der Waals surface area contributed by atoms with Crippen molar-refractivity contribution in [3.63, 3.8) is 0 Å². The number of nitrogens with zero attached hydrogens (tertiary/aromatic N) is 5. The first-order chi connectivity index (χ1) is 10.1. The average Bonchev–Trinajstić information content (AvgIpc) is 2.47. The minimum atomic E-state index is 0.557. The van der Waals surface area contributed by atoms with Gasteiger partial charge in [-0.1, -0.05) is 13.8 Å². The lowest BCUT2D eigenvalue weighted by atomic mass is 10.2. The molecule has 1 aromatic heterocycles. The van der Waals surface area contributed by atoms with E-state index in [1.807, 2.05) is 14.0 Å². The molecule has 2 heterocycles. The van der Waals surface area contributed by atoms with Crippen LogP contribution in [0.1, 0.15) is 20.8 Å². The topological polar surface area (TPSA) is 66.4 Å². The predicted octanol–water partition coefficient (Wildman–Crippen LogP) is 1.23. The summed E-state index contributed by atoms with van der Waals surface area (Å²) in [5, 5.41) is 3.19. The quantitative estimate of drug-likeness (QED) is 0.846. The van der Waals surface area contributed by atoms with E-state index >= 15 is 0 Å². The molecular weight excluding hydrogens is 268 g/mol. The van der Waals surface area contributed by atoms with E-state index in [2.05, 4.69) is 43.9 Å². The number of hydrogen-bond donors (Lipinski definition) is 1. The molecule has 7 nitrogen and oxygen atoms in total. The van der Waals surface area contributed by atoms with E-state index in [1.54, 1.807) is 0 Å². The molecule has 1 aliphatic heterocycles. The van der Waals surface area contributed by atoms with Crippen molar-refractivity contribution in [3.05, 3.63) is 0 Å². The molecule has 0 bridgehead atoms. The zero-order valence-corrected chi connectivity index (χ0v) is 13.5. The molecule has 1 saturated heterocycles. The standard InChI is InChI=1S/C14H26N6O/c1-5-15-12-16-13(19(4)10-11(2)3)18-14(17-12)20-6-8-21-9-7-20/h11H,5-10H2,1-4H3,(H,15,16,17,18). The lowest BCUT2D eigenvalue weighted by Gasteiger charge is -2.28. The lowest BCUT2D eigenvalue weighted by Crippen LogP contribution is -2.38. The van der Waals surface area contributed by atoms with Gasteiger partial charge in [-0.15, -0.1) is 0 Å². The summed E-state index contributed by atoms with van der Waals surface area (Å²) in [6.45, 7) is 11.2. The number of hydrogen-bond acceptors (Lipinski definition) is 7. The van der Waals surface area contributed by atoms with E-state index < -0.39 is 0 Å². The normalized spacial score (nSPS) is 15.4. The molecule has 0 aliphatic carbocycles. The molecule has 21 heavy (non-hydrogen) atoms. The monoisotopic (exact) mass is 294 g/mol. The molecule has 0 amide bonds. The van der Waals surface area contributed by atoms with Gasteiger partial charge in [-0.25, -0.2) is 0 Å². The Kier molecular flexibility index (Phi) is 5.55. The van der Waals surface area contributed by atoms with Crippen molar-refractivity contribution in [2.75, 3.05) is 61.6 Å². The van der Waals surface area contributed by atoms with E-state index in [9.17, 15) is 0 Å². The van der Waals surface area contributed by atoms with Gasteiger partial charge in [0.1, 0.15) is 0 Å². The van der Waals surface area contributed by atoms with Crippen molar-refractivity contribution < 1.29 is 4.74 Å².